The molecule has 0 fully saturated rings. The number of fused-ring (bicyclic) bond motifs is 1. The van der Waals surface area contributed by atoms with Gasteiger partial charge in [0.15, 0.2) is 11.0 Å². The van der Waals surface area contributed by atoms with Gasteiger partial charge in [0.2, 0.25) is 0 Å². The molecule has 0 N–H and O–H groups in total. The molecule has 0 amide bonds. The van der Waals surface area contributed by atoms with Crippen LogP contribution in [0.2, 0.25) is 5.02 Å². The van der Waals surface area contributed by atoms with Gasteiger partial charge in [-0.1, -0.05) is 40.7 Å². The second-order valence-corrected chi connectivity index (χ2v) is 8.07. The highest BCUT2D eigenvalue weighted by molar-refractivity contribution is 7.98. The first kappa shape index (κ1) is 19.6. The molecule has 9 heteroatoms. The van der Waals surface area contributed by atoms with E-state index in [4.69, 9.17) is 20.5 Å². The van der Waals surface area contributed by atoms with E-state index in [1.54, 1.807) is 35.1 Å². The maximum atomic E-state index is 13.1. The van der Waals surface area contributed by atoms with E-state index in [-0.39, 0.29) is 12.1 Å². The van der Waals surface area contributed by atoms with Crippen LogP contribution in [0, 0.1) is 0 Å². The van der Waals surface area contributed by atoms with Crippen LogP contribution in [0.5, 0.6) is 0 Å². The fraction of sp³-hybridized carbons (Fsp3) is 0.0909. The average Bonchev–Trinajstić information content (AvgIpc) is 3.47. The van der Waals surface area contributed by atoms with E-state index in [2.05, 4.69) is 15.1 Å². The van der Waals surface area contributed by atoms with Gasteiger partial charge in [0.05, 0.1) is 29.5 Å². The first-order valence-corrected chi connectivity index (χ1v) is 10.8. The molecular weight excluding hydrogens is 436 g/mol. The summed E-state index contributed by atoms with van der Waals surface area (Å²) in [7, 11) is 0. The van der Waals surface area contributed by atoms with Gasteiger partial charge in [0.1, 0.15) is 5.76 Å². The Labute approximate surface area is 185 Å². The van der Waals surface area contributed by atoms with Gasteiger partial charge in [-0.2, -0.15) is 4.98 Å². The van der Waals surface area contributed by atoms with Gasteiger partial charge < -0.3 is 8.94 Å². The molecule has 0 spiro atoms. The zero-order valence-corrected chi connectivity index (χ0v) is 17.6. The largest absolute Gasteiger partial charge is 0.467 e. The molecular formula is C22H15ClN4O3S. The number of para-hydroxylation sites is 1. The molecule has 0 unspecified atom stereocenters. The SMILES string of the molecule is O=c1c2ccccc2nc(SCc2noc(-c3ccc(Cl)cc3)n2)n1Cc1ccco1. The minimum absolute atomic E-state index is 0.125. The van der Waals surface area contributed by atoms with Crippen molar-refractivity contribution in [2.45, 2.75) is 17.5 Å². The van der Waals surface area contributed by atoms with Crippen molar-refractivity contribution < 1.29 is 8.94 Å². The van der Waals surface area contributed by atoms with Crippen molar-refractivity contribution in [1.82, 2.24) is 19.7 Å². The maximum absolute atomic E-state index is 13.1. The van der Waals surface area contributed by atoms with E-state index in [1.165, 1.54) is 11.8 Å². The Hall–Kier alpha value is -3.36. The second-order valence-electron chi connectivity index (χ2n) is 6.69. The van der Waals surface area contributed by atoms with Crippen LogP contribution in [0.4, 0.5) is 0 Å². The number of aromatic nitrogens is 4. The molecule has 31 heavy (non-hydrogen) atoms. The highest BCUT2D eigenvalue weighted by Crippen LogP contribution is 2.24. The normalized spacial score (nSPS) is 11.3. The van der Waals surface area contributed by atoms with Crippen molar-refractivity contribution in [3.8, 4) is 11.5 Å². The summed E-state index contributed by atoms with van der Waals surface area (Å²) in [6, 6.07) is 18.1. The lowest BCUT2D eigenvalue weighted by Gasteiger charge is -2.11. The van der Waals surface area contributed by atoms with Crippen molar-refractivity contribution in [3.05, 3.63) is 93.9 Å². The first-order chi connectivity index (χ1) is 15.2. The predicted octanol–water partition coefficient (Wildman–Crippen LogP) is 5.03. The molecule has 0 aliphatic carbocycles. The highest BCUT2D eigenvalue weighted by Gasteiger charge is 2.15. The molecule has 0 aliphatic rings. The number of rotatable bonds is 6. The van der Waals surface area contributed by atoms with E-state index in [0.29, 0.717) is 44.3 Å². The van der Waals surface area contributed by atoms with Crippen LogP contribution in [0.25, 0.3) is 22.4 Å². The van der Waals surface area contributed by atoms with Gasteiger partial charge in [-0.25, -0.2) is 4.98 Å². The number of halogens is 1. The monoisotopic (exact) mass is 450 g/mol. The third-order valence-corrected chi connectivity index (χ3v) is 5.83. The summed E-state index contributed by atoms with van der Waals surface area (Å²) in [4.78, 5) is 22.2. The molecule has 5 rings (SSSR count). The van der Waals surface area contributed by atoms with Crippen LogP contribution in [0.1, 0.15) is 11.6 Å². The van der Waals surface area contributed by atoms with E-state index in [1.807, 2.05) is 36.4 Å². The lowest BCUT2D eigenvalue weighted by molar-refractivity contribution is 0.425. The number of furan rings is 1. The van der Waals surface area contributed by atoms with Crippen molar-refractivity contribution in [3.63, 3.8) is 0 Å². The summed E-state index contributed by atoms with van der Waals surface area (Å²) in [5.41, 5.74) is 1.30. The Balaban J connectivity index is 1.44. The van der Waals surface area contributed by atoms with Crippen molar-refractivity contribution in [2.24, 2.45) is 0 Å². The van der Waals surface area contributed by atoms with Crippen LogP contribution >= 0.6 is 23.4 Å². The van der Waals surface area contributed by atoms with E-state index in [0.717, 1.165) is 5.56 Å². The Morgan fingerprint density at radius 3 is 2.65 bits per heavy atom. The van der Waals surface area contributed by atoms with Crippen molar-refractivity contribution >= 4 is 34.3 Å². The molecule has 0 saturated carbocycles. The number of benzene rings is 2. The van der Waals surface area contributed by atoms with Gasteiger partial charge >= 0.3 is 0 Å². The molecule has 7 nitrogen and oxygen atoms in total. The summed E-state index contributed by atoms with van der Waals surface area (Å²) in [6.45, 7) is 0.286. The highest BCUT2D eigenvalue weighted by atomic mass is 35.5. The van der Waals surface area contributed by atoms with Gasteiger partial charge in [0, 0.05) is 10.6 Å². The minimum atomic E-state index is -0.125. The lowest BCUT2D eigenvalue weighted by atomic mass is 10.2. The molecule has 0 saturated heterocycles. The smallest absolute Gasteiger partial charge is 0.262 e. The van der Waals surface area contributed by atoms with Crippen LogP contribution < -0.4 is 5.56 Å². The molecule has 3 heterocycles. The molecule has 5 aromatic rings. The zero-order valence-electron chi connectivity index (χ0n) is 16.1. The Morgan fingerprint density at radius 2 is 1.84 bits per heavy atom. The molecule has 2 aromatic carbocycles. The Kier molecular flexibility index (Phi) is 5.31. The number of hydrogen-bond acceptors (Lipinski definition) is 7. The molecule has 154 valence electrons. The number of thioether (sulfide) groups is 1. The summed E-state index contributed by atoms with van der Waals surface area (Å²) in [5, 5.41) is 5.79. The van der Waals surface area contributed by atoms with Crippen LogP contribution in [0.3, 0.4) is 0 Å². The van der Waals surface area contributed by atoms with Crippen LogP contribution in [-0.4, -0.2) is 19.7 Å². The standard InChI is InChI=1S/C22H15ClN4O3S/c23-15-9-7-14(8-10-15)20-25-19(26-30-20)13-31-22-24-18-6-2-1-5-17(18)21(28)27(22)12-16-4-3-11-29-16/h1-11H,12-13H2. The average molecular weight is 451 g/mol. The maximum Gasteiger partial charge on any atom is 0.262 e. The molecule has 0 bridgehead atoms. The summed E-state index contributed by atoms with van der Waals surface area (Å²) >= 11 is 7.30. The van der Waals surface area contributed by atoms with Gasteiger partial charge in [-0.3, -0.25) is 9.36 Å². The topological polar surface area (TPSA) is 87.0 Å². The Morgan fingerprint density at radius 1 is 1.00 bits per heavy atom. The van der Waals surface area contributed by atoms with Crippen molar-refractivity contribution in [2.75, 3.05) is 0 Å². The van der Waals surface area contributed by atoms with Crippen LogP contribution in [-0.2, 0) is 12.3 Å². The molecule has 0 atom stereocenters. The fourth-order valence-corrected chi connectivity index (χ4v) is 4.07. The number of hydrogen-bond donors (Lipinski definition) is 0. The zero-order chi connectivity index (χ0) is 21.2. The van der Waals surface area contributed by atoms with Gasteiger partial charge in [-0.05, 0) is 48.5 Å². The fourth-order valence-electron chi connectivity index (χ4n) is 3.11. The molecule has 3 aromatic heterocycles. The van der Waals surface area contributed by atoms with E-state index < -0.39 is 0 Å². The molecule has 0 aliphatic heterocycles. The van der Waals surface area contributed by atoms with Crippen LogP contribution in [0.15, 0.2) is 85.8 Å². The quantitative estimate of drug-likeness (QED) is 0.264. The first-order valence-electron chi connectivity index (χ1n) is 9.41. The summed E-state index contributed by atoms with van der Waals surface area (Å²) in [5.74, 6) is 1.97. The minimum Gasteiger partial charge on any atom is -0.467 e. The van der Waals surface area contributed by atoms with Crippen molar-refractivity contribution in [1.29, 1.82) is 0 Å². The van der Waals surface area contributed by atoms with E-state index >= 15 is 0 Å². The third kappa shape index (κ3) is 4.12. The van der Waals surface area contributed by atoms with Gasteiger partial charge in [-0.15, -0.1) is 0 Å². The third-order valence-electron chi connectivity index (χ3n) is 4.61. The lowest BCUT2D eigenvalue weighted by Crippen LogP contribution is -2.23. The Bertz CT molecular complexity index is 1390. The molecule has 0 radical (unpaired) electrons. The second kappa shape index (κ2) is 8.41. The summed E-state index contributed by atoms with van der Waals surface area (Å²) in [6.07, 6.45) is 1.58. The summed E-state index contributed by atoms with van der Waals surface area (Å²) < 4.78 is 12.4. The predicted molar refractivity (Wildman–Crippen MR) is 118 cm³/mol. The van der Waals surface area contributed by atoms with E-state index in [9.17, 15) is 4.79 Å². The number of nitrogens with zero attached hydrogens (tertiary/aromatic N) is 4. The van der Waals surface area contributed by atoms with Gasteiger partial charge in [0.25, 0.3) is 11.4 Å².